The minimum Gasteiger partial charge on any atom is -0.478 e. The number of hydrogen-bond acceptors (Lipinski definition) is 6. The zero-order chi connectivity index (χ0) is 14.6. The van der Waals surface area contributed by atoms with Crippen molar-refractivity contribution in [3.63, 3.8) is 0 Å². The Morgan fingerprint density at radius 3 is 2.53 bits per heavy atom. The zero-order valence-electron chi connectivity index (χ0n) is 11.5. The van der Waals surface area contributed by atoms with Crippen LogP contribution >= 0.6 is 11.8 Å². The highest BCUT2D eigenvalue weighted by Gasteiger charge is 2.22. The van der Waals surface area contributed by atoms with Gasteiger partial charge in [-0.05, 0) is 32.6 Å². The van der Waals surface area contributed by atoms with Gasteiger partial charge in [0.1, 0.15) is 5.56 Å². The predicted molar refractivity (Wildman–Crippen MR) is 75.9 cm³/mol. The number of anilines is 1. The summed E-state index contributed by atoms with van der Waals surface area (Å²) >= 11 is 1.51. The highest BCUT2D eigenvalue weighted by atomic mass is 32.2. The summed E-state index contributed by atoms with van der Waals surface area (Å²) in [4.78, 5) is 11.3. The van der Waals surface area contributed by atoms with Crippen LogP contribution in [0.2, 0.25) is 0 Å². The van der Waals surface area contributed by atoms with E-state index in [1.54, 1.807) is 13.8 Å². The van der Waals surface area contributed by atoms with E-state index < -0.39 is 5.97 Å². The van der Waals surface area contributed by atoms with Crippen molar-refractivity contribution >= 4 is 23.5 Å². The third kappa shape index (κ3) is 3.57. The maximum absolute atomic E-state index is 11.3. The van der Waals surface area contributed by atoms with E-state index in [0.29, 0.717) is 11.3 Å². The van der Waals surface area contributed by atoms with Gasteiger partial charge in [-0.15, -0.1) is 5.10 Å². The van der Waals surface area contributed by atoms with Crippen LogP contribution in [0.3, 0.4) is 0 Å². The van der Waals surface area contributed by atoms with Crippen molar-refractivity contribution in [2.24, 2.45) is 0 Å². The molecule has 0 aliphatic heterocycles. The van der Waals surface area contributed by atoms with E-state index in [4.69, 9.17) is 0 Å². The Kier molecular flexibility index (Phi) is 5.56. The summed E-state index contributed by atoms with van der Waals surface area (Å²) in [5.41, 5.74) is 1.33. The summed E-state index contributed by atoms with van der Waals surface area (Å²) in [5, 5.41) is 29.4. The molecule has 1 aromatic rings. The van der Waals surface area contributed by atoms with Crippen LogP contribution in [0.15, 0.2) is 0 Å². The van der Waals surface area contributed by atoms with Gasteiger partial charge >= 0.3 is 5.97 Å². The van der Waals surface area contributed by atoms with Crippen molar-refractivity contribution in [1.29, 1.82) is 0 Å². The number of rotatable bonds is 6. The van der Waals surface area contributed by atoms with Crippen LogP contribution in [0.5, 0.6) is 0 Å². The van der Waals surface area contributed by atoms with Crippen LogP contribution in [-0.4, -0.2) is 50.5 Å². The van der Waals surface area contributed by atoms with Crippen LogP contribution in [0.25, 0.3) is 0 Å². The van der Waals surface area contributed by atoms with Gasteiger partial charge in [-0.25, -0.2) is 4.79 Å². The van der Waals surface area contributed by atoms with Gasteiger partial charge in [0.05, 0.1) is 12.3 Å². The highest BCUT2D eigenvalue weighted by Crippen LogP contribution is 2.21. The van der Waals surface area contributed by atoms with Gasteiger partial charge in [0, 0.05) is 11.3 Å². The number of aryl methyl sites for hydroxylation is 1. The van der Waals surface area contributed by atoms with Crippen molar-refractivity contribution in [3.8, 4) is 0 Å². The SMILES string of the molecule is CSC(CO)C(C)Nc1nnc(C)c(C)c1C(=O)O. The molecule has 1 heterocycles. The molecule has 1 aromatic heterocycles. The topological polar surface area (TPSA) is 95.3 Å². The van der Waals surface area contributed by atoms with Crippen molar-refractivity contribution in [2.75, 3.05) is 18.2 Å². The molecule has 0 radical (unpaired) electrons. The summed E-state index contributed by atoms with van der Waals surface area (Å²) in [6.07, 6.45) is 1.89. The standard InChI is InChI=1S/C12H19N3O3S/c1-6-7(2)14-15-11(10(6)12(17)18)13-8(3)9(5-16)19-4/h8-9,16H,5H2,1-4H3,(H,13,15)(H,17,18). The maximum Gasteiger partial charge on any atom is 0.339 e. The van der Waals surface area contributed by atoms with E-state index in [0.717, 1.165) is 0 Å². The quantitative estimate of drug-likeness (QED) is 0.725. The first-order valence-corrected chi connectivity index (χ1v) is 7.18. The first kappa shape index (κ1) is 15.7. The van der Waals surface area contributed by atoms with E-state index in [1.807, 2.05) is 13.2 Å². The van der Waals surface area contributed by atoms with Gasteiger partial charge in [-0.3, -0.25) is 0 Å². The molecule has 0 amide bonds. The summed E-state index contributed by atoms with van der Waals surface area (Å²) in [6, 6.07) is -0.116. The van der Waals surface area contributed by atoms with Crippen molar-refractivity contribution in [3.05, 3.63) is 16.8 Å². The fourth-order valence-corrected chi connectivity index (χ4v) is 2.34. The van der Waals surface area contributed by atoms with E-state index in [1.165, 1.54) is 11.8 Å². The fourth-order valence-electron chi connectivity index (χ4n) is 1.72. The van der Waals surface area contributed by atoms with E-state index in [-0.39, 0.29) is 29.3 Å². The van der Waals surface area contributed by atoms with Crippen molar-refractivity contribution < 1.29 is 15.0 Å². The lowest BCUT2D eigenvalue weighted by molar-refractivity contribution is 0.0696. The molecule has 0 aliphatic carbocycles. The van der Waals surface area contributed by atoms with E-state index in [2.05, 4.69) is 15.5 Å². The second kappa shape index (κ2) is 6.72. The Morgan fingerprint density at radius 1 is 1.42 bits per heavy atom. The van der Waals surface area contributed by atoms with Gasteiger partial charge < -0.3 is 15.5 Å². The summed E-state index contributed by atoms with van der Waals surface area (Å²) in [6.45, 7) is 5.32. The van der Waals surface area contributed by atoms with Gasteiger partial charge in [-0.2, -0.15) is 16.9 Å². The molecule has 19 heavy (non-hydrogen) atoms. The third-order valence-corrected chi connectivity index (χ3v) is 4.24. The molecule has 0 fully saturated rings. The summed E-state index contributed by atoms with van der Waals surface area (Å²) < 4.78 is 0. The zero-order valence-corrected chi connectivity index (χ0v) is 12.3. The number of hydrogen-bond donors (Lipinski definition) is 3. The number of nitrogens with one attached hydrogen (secondary N) is 1. The van der Waals surface area contributed by atoms with E-state index >= 15 is 0 Å². The van der Waals surface area contributed by atoms with Crippen LogP contribution in [0.1, 0.15) is 28.5 Å². The minimum absolute atomic E-state index is 0.00993. The molecule has 0 saturated carbocycles. The number of aromatic nitrogens is 2. The molecule has 106 valence electrons. The third-order valence-electron chi connectivity index (χ3n) is 3.07. The van der Waals surface area contributed by atoms with E-state index in [9.17, 15) is 15.0 Å². The number of thioether (sulfide) groups is 1. The molecule has 0 spiro atoms. The summed E-state index contributed by atoms with van der Waals surface area (Å²) in [7, 11) is 0. The molecule has 0 aromatic carbocycles. The Morgan fingerprint density at radius 2 is 2.05 bits per heavy atom. The molecule has 2 unspecified atom stereocenters. The Bertz CT molecular complexity index is 464. The first-order valence-electron chi connectivity index (χ1n) is 5.89. The first-order chi connectivity index (χ1) is 8.92. The summed E-state index contributed by atoms with van der Waals surface area (Å²) in [5.74, 6) is -0.787. The lowest BCUT2D eigenvalue weighted by atomic mass is 10.1. The normalized spacial score (nSPS) is 13.9. The molecule has 7 heteroatoms. The Balaban J connectivity index is 3.08. The molecule has 0 aliphatic rings. The second-order valence-corrected chi connectivity index (χ2v) is 5.41. The molecule has 0 saturated heterocycles. The van der Waals surface area contributed by atoms with Crippen LogP contribution < -0.4 is 5.32 Å². The molecule has 2 atom stereocenters. The van der Waals surface area contributed by atoms with Gasteiger partial charge in [-0.1, -0.05) is 0 Å². The number of carboxylic acids is 1. The molecular weight excluding hydrogens is 266 g/mol. The molecule has 0 bridgehead atoms. The lowest BCUT2D eigenvalue weighted by Gasteiger charge is -2.22. The average molecular weight is 285 g/mol. The average Bonchev–Trinajstić information content (AvgIpc) is 2.35. The van der Waals surface area contributed by atoms with Gasteiger partial charge in [0.15, 0.2) is 5.82 Å². The maximum atomic E-state index is 11.3. The number of aliphatic hydroxyl groups is 1. The molecule has 3 N–H and O–H groups in total. The van der Waals surface area contributed by atoms with Crippen molar-refractivity contribution in [2.45, 2.75) is 32.1 Å². The second-order valence-electron chi connectivity index (χ2n) is 4.33. The predicted octanol–water partition coefficient (Wildman–Crippen LogP) is 1.32. The number of aromatic carboxylic acids is 1. The monoisotopic (exact) mass is 285 g/mol. The number of carboxylic acid groups (broad SMARTS) is 1. The fraction of sp³-hybridized carbons (Fsp3) is 0.583. The largest absolute Gasteiger partial charge is 0.478 e. The van der Waals surface area contributed by atoms with Crippen molar-refractivity contribution in [1.82, 2.24) is 10.2 Å². The Hall–Kier alpha value is -1.34. The van der Waals surface area contributed by atoms with Crippen LogP contribution in [0.4, 0.5) is 5.82 Å². The molecular formula is C12H19N3O3S. The van der Waals surface area contributed by atoms with Crippen LogP contribution in [-0.2, 0) is 0 Å². The van der Waals surface area contributed by atoms with Crippen LogP contribution in [0, 0.1) is 13.8 Å². The van der Waals surface area contributed by atoms with Gasteiger partial charge in [0.25, 0.3) is 0 Å². The smallest absolute Gasteiger partial charge is 0.339 e. The minimum atomic E-state index is -1.03. The van der Waals surface area contributed by atoms with Gasteiger partial charge in [0.2, 0.25) is 0 Å². The lowest BCUT2D eigenvalue weighted by Crippen LogP contribution is -2.32. The highest BCUT2D eigenvalue weighted by molar-refractivity contribution is 7.99. The molecule has 6 nitrogen and oxygen atoms in total. The number of carbonyl (C=O) groups is 1. The Labute approximate surface area is 116 Å². The molecule has 1 rings (SSSR count). The number of nitrogens with zero attached hydrogens (tertiary/aromatic N) is 2. The number of aliphatic hydroxyl groups excluding tert-OH is 1.